The van der Waals surface area contributed by atoms with Crippen LogP contribution in [-0.2, 0) is 11.3 Å². The molecule has 6 heteroatoms. The average Bonchev–Trinajstić information content (AvgIpc) is 2.60. The van der Waals surface area contributed by atoms with Crippen LogP contribution in [0.4, 0.5) is 0 Å². The van der Waals surface area contributed by atoms with E-state index in [-0.39, 0.29) is 18.0 Å². The van der Waals surface area contributed by atoms with Gasteiger partial charge in [0, 0.05) is 37.3 Å². The van der Waals surface area contributed by atoms with Crippen LogP contribution >= 0.6 is 12.4 Å². The Balaban J connectivity index is 0.00000208. The molecule has 1 saturated heterocycles. The Labute approximate surface area is 148 Å². The molecule has 1 aliphatic heterocycles. The molecule has 0 amide bonds. The van der Waals surface area contributed by atoms with Gasteiger partial charge in [-0.2, -0.15) is 5.10 Å². The standard InChI is InChI=1S/C18H23N3O2.ClH/c1-15-14-17(16-6-3-2-4-7-16)19-21(18(15)22)9-5-8-20-10-12-23-13-11-20;/h2-4,6-7,14H,5,8-13H2,1H3;1H. The molecule has 0 spiro atoms. The fourth-order valence-corrected chi connectivity index (χ4v) is 2.85. The van der Waals surface area contributed by atoms with Crippen molar-refractivity contribution < 1.29 is 4.74 Å². The summed E-state index contributed by atoms with van der Waals surface area (Å²) in [6.07, 6.45) is 0.921. The van der Waals surface area contributed by atoms with Gasteiger partial charge >= 0.3 is 0 Å². The van der Waals surface area contributed by atoms with Crippen LogP contribution in [0.15, 0.2) is 41.2 Å². The van der Waals surface area contributed by atoms with E-state index in [9.17, 15) is 4.79 Å². The first-order valence-corrected chi connectivity index (χ1v) is 8.18. The summed E-state index contributed by atoms with van der Waals surface area (Å²) in [6.45, 7) is 7.05. The van der Waals surface area contributed by atoms with Crippen molar-refractivity contribution in [3.8, 4) is 11.3 Å². The summed E-state index contributed by atoms with van der Waals surface area (Å²) >= 11 is 0. The molecule has 5 nitrogen and oxygen atoms in total. The summed E-state index contributed by atoms with van der Waals surface area (Å²) in [5, 5.41) is 4.55. The van der Waals surface area contributed by atoms with Crippen LogP contribution < -0.4 is 5.56 Å². The van der Waals surface area contributed by atoms with E-state index in [1.165, 1.54) is 0 Å². The molecule has 0 radical (unpaired) electrons. The summed E-state index contributed by atoms with van der Waals surface area (Å²) in [5.74, 6) is 0. The molecule has 0 atom stereocenters. The molecule has 2 aromatic rings. The second kappa shape index (κ2) is 8.97. The minimum Gasteiger partial charge on any atom is -0.379 e. The van der Waals surface area contributed by atoms with Crippen molar-refractivity contribution in [1.82, 2.24) is 14.7 Å². The van der Waals surface area contributed by atoms with Crippen molar-refractivity contribution in [1.29, 1.82) is 0 Å². The number of aromatic nitrogens is 2. The van der Waals surface area contributed by atoms with Crippen LogP contribution in [0, 0.1) is 6.92 Å². The number of halogens is 1. The van der Waals surface area contributed by atoms with E-state index in [0.717, 1.165) is 56.1 Å². The second-order valence-electron chi connectivity index (χ2n) is 5.91. The molecule has 3 rings (SSSR count). The first-order valence-electron chi connectivity index (χ1n) is 8.18. The van der Waals surface area contributed by atoms with Crippen molar-refractivity contribution in [2.75, 3.05) is 32.8 Å². The Bertz CT molecular complexity index is 697. The number of hydrogen-bond donors (Lipinski definition) is 0. The second-order valence-corrected chi connectivity index (χ2v) is 5.91. The van der Waals surface area contributed by atoms with Gasteiger partial charge in [0.15, 0.2) is 0 Å². The molecule has 1 aliphatic rings. The van der Waals surface area contributed by atoms with Crippen molar-refractivity contribution >= 4 is 12.4 Å². The van der Waals surface area contributed by atoms with Crippen LogP contribution in [0.5, 0.6) is 0 Å². The van der Waals surface area contributed by atoms with Gasteiger partial charge in [-0.1, -0.05) is 30.3 Å². The maximum absolute atomic E-state index is 12.3. The summed E-state index contributed by atoms with van der Waals surface area (Å²) < 4.78 is 6.96. The predicted octanol–water partition coefficient (Wildman–Crippen LogP) is 2.36. The first kappa shape index (κ1) is 18.6. The number of benzene rings is 1. The van der Waals surface area contributed by atoms with E-state index in [4.69, 9.17) is 4.74 Å². The van der Waals surface area contributed by atoms with Gasteiger partial charge in [-0.15, -0.1) is 12.4 Å². The molecule has 0 bridgehead atoms. The topological polar surface area (TPSA) is 47.4 Å². The van der Waals surface area contributed by atoms with Crippen LogP contribution in [0.1, 0.15) is 12.0 Å². The zero-order chi connectivity index (χ0) is 16.1. The van der Waals surface area contributed by atoms with Gasteiger partial charge in [-0.05, 0) is 19.4 Å². The molecular formula is C18H24ClN3O2. The van der Waals surface area contributed by atoms with Gasteiger partial charge < -0.3 is 4.74 Å². The largest absolute Gasteiger partial charge is 0.379 e. The molecule has 24 heavy (non-hydrogen) atoms. The quantitative estimate of drug-likeness (QED) is 0.831. The summed E-state index contributed by atoms with van der Waals surface area (Å²) in [5.41, 5.74) is 2.64. The normalized spacial score (nSPS) is 15.0. The molecule has 0 aliphatic carbocycles. The van der Waals surface area contributed by atoms with Crippen molar-refractivity contribution in [3.63, 3.8) is 0 Å². The molecule has 0 N–H and O–H groups in total. The SMILES string of the molecule is Cc1cc(-c2ccccc2)nn(CCCN2CCOCC2)c1=O.Cl. The molecule has 0 unspecified atom stereocenters. The zero-order valence-corrected chi connectivity index (χ0v) is 14.8. The van der Waals surface area contributed by atoms with E-state index in [0.29, 0.717) is 6.54 Å². The highest BCUT2D eigenvalue weighted by Crippen LogP contribution is 2.15. The van der Waals surface area contributed by atoms with Crippen molar-refractivity contribution in [3.05, 3.63) is 52.3 Å². The highest BCUT2D eigenvalue weighted by Gasteiger charge is 2.11. The van der Waals surface area contributed by atoms with Gasteiger partial charge in [0.1, 0.15) is 0 Å². The summed E-state index contributed by atoms with van der Waals surface area (Å²) in [6, 6.07) is 11.9. The zero-order valence-electron chi connectivity index (χ0n) is 14.0. The van der Waals surface area contributed by atoms with E-state index in [2.05, 4.69) is 10.00 Å². The summed E-state index contributed by atoms with van der Waals surface area (Å²) in [4.78, 5) is 14.7. The first-order chi connectivity index (χ1) is 11.2. The molecule has 0 saturated carbocycles. The van der Waals surface area contributed by atoms with Crippen LogP contribution in [0.25, 0.3) is 11.3 Å². The minimum absolute atomic E-state index is 0. The van der Waals surface area contributed by atoms with Crippen LogP contribution in [0.2, 0.25) is 0 Å². The maximum atomic E-state index is 12.3. The van der Waals surface area contributed by atoms with E-state index in [1.807, 2.05) is 43.3 Å². The van der Waals surface area contributed by atoms with Gasteiger partial charge in [0.2, 0.25) is 0 Å². The fourth-order valence-electron chi connectivity index (χ4n) is 2.85. The Morgan fingerprint density at radius 1 is 1.12 bits per heavy atom. The molecular weight excluding hydrogens is 326 g/mol. The van der Waals surface area contributed by atoms with E-state index >= 15 is 0 Å². The lowest BCUT2D eigenvalue weighted by molar-refractivity contribution is 0.0368. The Hall–Kier alpha value is -1.69. The highest BCUT2D eigenvalue weighted by molar-refractivity contribution is 5.85. The Kier molecular flexibility index (Phi) is 6.97. The minimum atomic E-state index is 0. The fraction of sp³-hybridized carbons (Fsp3) is 0.444. The lowest BCUT2D eigenvalue weighted by atomic mass is 10.1. The smallest absolute Gasteiger partial charge is 0.269 e. The Morgan fingerprint density at radius 3 is 2.54 bits per heavy atom. The third kappa shape index (κ3) is 4.66. The molecule has 1 fully saturated rings. The van der Waals surface area contributed by atoms with Gasteiger partial charge in [-0.25, -0.2) is 4.68 Å². The highest BCUT2D eigenvalue weighted by atomic mass is 35.5. The summed E-state index contributed by atoms with van der Waals surface area (Å²) in [7, 11) is 0. The Morgan fingerprint density at radius 2 is 1.83 bits per heavy atom. The van der Waals surface area contributed by atoms with Crippen molar-refractivity contribution in [2.45, 2.75) is 19.9 Å². The monoisotopic (exact) mass is 349 g/mol. The van der Waals surface area contributed by atoms with Gasteiger partial charge in [0.05, 0.1) is 18.9 Å². The number of aryl methyl sites for hydroxylation is 2. The van der Waals surface area contributed by atoms with Crippen LogP contribution in [-0.4, -0.2) is 47.5 Å². The number of nitrogens with zero attached hydrogens (tertiary/aromatic N) is 3. The molecule has 130 valence electrons. The van der Waals surface area contributed by atoms with E-state index in [1.54, 1.807) is 4.68 Å². The third-order valence-electron chi connectivity index (χ3n) is 4.17. The maximum Gasteiger partial charge on any atom is 0.269 e. The average molecular weight is 350 g/mol. The molecule has 2 heterocycles. The third-order valence-corrected chi connectivity index (χ3v) is 4.17. The van der Waals surface area contributed by atoms with Gasteiger partial charge in [-0.3, -0.25) is 9.69 Å². The number of ether oxygens (including phenoxy) is 1. The molecule has 1 aromatic heterocycles. The van der Waals surface area contributed by atoms with Gasteiger partial charge in [0.25, 0.3) is 5.56 Å². The number of rotatable bonds is 5. The van der Waals surface area contributed by atoms with E-state index < -0.39 is 0 Å². The lowest BCUT2D eigenvalue weighted by Gasteiger charge is -2.26. The number of hydrogen-bond acceptors (Lipinski definition) is 4. The van der Waals surface area contributed by atoms with Crippen molar-refractivity contribution in [2.24, 2.45) is 0 Å². The number of morpholine rings is 1. The predicted molar refractivity (Wildman–Crippen MR) is 97.8 cm³/mol. The lowest BCUT2D eigenvalue weighted by Crippen LogP contribution is -2.37. The molecule has 1 aromatic carbocycles. The van der Waals surface area contributed by atoms with Crippen LogP contribution in [0.3, 0.4) is 0 Å².